The second kappa shape index (κ2) is 5.78. The van der Waals surface area contributed by atoms with E-state index in [1.54, 1.807) is 0 Å². The van der Waals surface area contributed by atoms with E-state index >= 15 is 0 Å². The van der Waals surface area contributed by atoms with Gasteiger partial charge < -0.3 is 9.64 Å². The van der Waals surface area contributed by atoms with Gasteiger partial charge >= 0.3 is 5.97 Å². The Morgan fingerprint density at radius 2 is 1.61 bits per heavy atom. The topological polar surface area (TPSA) is 46.6 Å². The Morgan fingerprint density at radius 3 is 2.04 bits per heavy atom. The van der Waals surface area contributed by atoms with Crippen molar-refractivity contribution in [3.63, 3.8) is 0 Å². The molecular weight excluding hydrogens is 290 g/mol. The summed E-state index contributed by atoms with van der Waals surface area (Å²) < 4.78 is 4.82. The lowest BCUT2D eigenvalue weighted by Crippen LogP contribution is -2.63. The highest BCUT2D eigenvalue weighted by atomic mass is 16.5. The molecule has 0 saturated heterocycles. The van der Waals surface area contributed by atoms with Gasteiger partial charge in [-0.25, -0.2) is 0 Å². The largest absolute Gasteiger partial charge is 0.469 e. The molecule has 5 fully saturated rings. The SMILES string of the molecule is COC(=O)CCN(C(=O)C1CCC1)C12CC3CC(CC(C3)C1)C2. The summed E-state index contributed by atoms with van der Waals surface area (Å²) in [4.78, 5) is 26.9. The van der Waals surface area contributed by atoms with Crippen LogP contribution in [0.15, 0.2) is 0 Å². The molecular formula is C19H29NO3. The van der Waals surface area contributed by atoms with E-state index in [1.807, 2.05) is 0 Å². The number of hydrogen-bond donors (Lipinski definition) is 0. The van der Waals surface area contributed by atoms with Gasteiger partial charge in [-0.1, -0.05) is 6.42 Å². The normalized spacial score (nSPS) is 38.2. The number of ether oxygens (including phenoxy) is 1. The molecule has 23 heavy (non-hydrogen) atoms. The Morgan fingerprint density at radius 1 is 1.04 bits per heavy atom. The third-order valence-electron chi connectivity index (χ3n) is 7.07. The fourth-order valence-electron chi connectivity index (χ4n) is 6.16. The average molecular weight is 319 g/mol. The van der Waals surface area contributed by atoms with E-state index in [0.717, 1.165) is 30.6 Å². The van der Waals surface area contributed by atoms with Crippen LogP contribution in [0.5, 0.6) is 0 Å². The van der Waals surface area contributed by atoms with Crippen LogP contribution in [0.3, 0.4) is 0 Å². The Labute approximate surface area is 138 Å². The first-order valence-electron chi connectivity index (χ1n) is 9.48. The number of hydrogen-bond acceptors (Lipinski definition) is 3. The molecule has 0 aromatic heterocycles. The number of nitrogens with zero attached hydrogens (tertiary/aromatic N) is 1. The molecule has 5 aliphatic carbocycles. The Kier molecular flexibility index (Phi) is 3.89. The van der Waals surface area contributed by atoms with Crippen molar-refractivity contribution in [2.24, 2.45) is 23.7 Å². The van der Waals surface area contributed by atoms with E-state index in [9.17, 15) is 9.59 Å². The van der Waals surface area contributed by atoms with Gasteiger partial charge in [-0.05, 0) is 69.1 Å². The van der Waals surface area contributed by atoms with Crippen molar-refractivity contribution in [2.75, 3.05) is 13.7 Å². The zero-order valence-corrected chi connectivity index (χ0v) is 14.3. The van der Waals surface area contributed by atoms with Gasteiger partial charge in [0.15, 0.2) is 0 Å². The Balaban J connectivity index is 1.56. The second-order valence-electron chi connectivity index (χ2n) is 8.59. The molecule has 0 heterocycles. The molecule has 0 aliphatic heterocycles. The molecule has 128 valence electrons. The van der Waals surface area contributed by atoms with Gasteiger partial charge in [0.1, 0.15) is 0 Å². The van der Waals surface area contributed by atoms with Crippen LogP contribution in [0.25, 0.3) is 0 Å². The fourth-order valence-corrected chi connectivity index (χ4v) is 6.16. The van der Waals surface area contributed by atoms with Crippen molar-refractivity contribution in [2.45, 2.75) is 69.7 Å². The maximum atomic E-state index is 13.1. The van der Waals surface area contributed by atoms with Crippen LogP contribution in [0.2, 0.25) is 0 Å². The van der Waals surface area contributed by atoms with Gasteiger partial charge in [0.25, 0.3) is 0 Å². The summed E-state index contributed by atoms with van der Waals surface area (Å²) in [6.07, 6.45) is 11.3. The molecule has 5 rings (SSSR count). The van der Waals surface area contributed by atoms with Crippen LogP contribution >= 0.6 is 0 Å². The molecule has 0 N–H and O–H groups in total. The van der Waals surface area contributed by atoms with Gasteiger partial charge in [-0.3, -0.25) is 9.59 Å². The highest BCUT2D eigenvalue weighted by Crippen LogP contribution is 2.58. The van der Waals surface area contributed by atoms with Crippen LogP contribution in [-0.2, 0) is 14.3 Å². The van der Waals surface area contributed by atoms with Gasteiger partial charge in [-0.15, -0.1) is 0 Å². The molecule has 5 aliphatic rings. The minimum absolute atomic E-state index is 0.0649. The Bertz CT molecular complexity index is 462. The van der Waals surface area contributed by atoms with Gasteiger partial charge in [0.2, 0.25) is 5.91 Å². The molecule has 0 radical (unpaired) electrons. The van der Waals surface area contributed by atoms with E-state index in [-0.39, 0.29) is 17.4 Å². The van der Waals surface area contributed by atoms with Crippen molar-refractivity contribution in [3.05, 3.63) is 0 Å². The highest BCUT2D eigenvalue weighted by molar-refractivity contribution is 5.81. The molecule has 0 unspecified atom stereocenters. The molecule has 4 heteroatoms. The lowest BCUT2D eigenvalue weighted by molar-refractivity contribution is -0.159. The quantitative estimate of drug-likeness (QED) is 0.731. The first kappa shape index (κ1) is 15.5. The Hall–Kier alpha value is -1.06. The summed E-state index contributed by atoms with van der Waals surface area (Å²) in [5, 5.41) is 0. The summed E-state index contributed by atoms with van der Waals surface area (Å²) in [5.74, 6) is 2.81. The van der Waals surface area contributed by atoms with Crippen LogP contribution in [0.4, 0.5) is 0 Å². The minimum Gasteiger partial charge on any atom is -0.469 e. The van der Waals surface area contributed by atoms with Gasteiger partial charge in [0.05, 0.1) is 13.5 Å². The highest BCUT2D eigenvalue weighted by Gasteiger charge is 2.55. The van der Waals surface area contributed by atoms with E-state index in [0.29, 0.717) is 18.9 Å². The smallest absolute Gasteiger partial charge is 0.307 e. The summed E-state index contributed by atoms with van der Waals surface area (Å²) in [7, 11) is 1.44. The third kappa shape index (κ3) is 2.68. The zero-order valence-electron chi connectivity index (χ0n) is 14.3. The standard InChI is InChI=1S/C19H29NO3/c1-23-17(21)5-6-20(18(22)16-3-2-4-16)19-10-13-7-14(11-19)9-15(8-13)12-19/h13-16H,2-12H2,1H3. The first-order chi connectivity index (χ1) is 11.1. The van der Waals surface area contributed by atoms with Crippen LogP contribution < -0.4 is 0 Å². The van der Waals surface area contributed by atoms with E-state index in [2.05, 4.69) is 4.90 Å². The van der Waals surface area contributed by atoms with Crippen molar-refractivity contribution >= 4 is 11.9 Å². The fraction of sp³-hybridized carbons (Fsp3) is 0.895. The van der Waals surface area contributed by atoms with E-state index in [4.69, 9.17) is 4.74 Å². The van der Waals surface area contributed by atoms with Crippen molar-refractivity contribution in [3.8, 4) is 0 Å². The second-order valence-corrected chi connectivity index (χ2v) is 8.59. The number of amides is 1. The number of esters is 1. The molecule has 0 spiro atoms. The average Bonchev–Trinajstić information content (AvgIpc) is 2.43. The monoisotopic (exact) mass is 319 g/mol. The van der Waals surface area contributed by atoms with Gasteiger partial charge in [0, 0.05) is 18.0 Å². The van der Waals surface area contributed by atoms with E-state index in [1.165, 1.54) is 52.1 Å². The predicted molar refractivity (Wildman–Crippen MR) is 86.6 cm³/mol. The molecule has 4 bridgehead atoms. The van der Waals surface area contributed by atoms with Crippen LogP contribution in [-0.4, -0.2) is 36.0 Å². The molecule has 1 amide bonds. The summed E-state index contributed by atoms with van der Waals surface area (Å²) in [6.45, 7) is 0.564. The molecule has 0 aromatic carbocycles. The zero-order chi connectivity index (χ0) is 16.0. The molecule has 5 saturated carbocycles. The number of rotatable bonds is 5. The maximum Gasteiger partial charge on any atom is 0.307 e. The summed E-state index contributed by atoms with van der Waals surface area (Å²) in [6, 6.07) is 0. The van der Waals surface area contributed by atoms with Crippen LogP contribution in [0.1, 0.15) is 64.2 Å². The molecule has 4 nitrogen and oxygen atoms in total. The maximum absolute atomic E-state index is 13.1. The lowest BCUT2D eigenvalue weighted by atomic mass is 9.52. The number of carbonyl (C=O) groups is 2. The summed E-state index contributed by atoms with van der Waals surface area (Å²) in [5.41, 5.74) is 0.0649. The van der Waals surface area contributed by atoms with Crippen molar-refractivity contribution in [1.82, 2.24) is 4.90 Å². The predicted octanol–water partition coefficient (Wildman–Crippen LogP) is 3.15. The summed E-state index contributed by atoms with van der Waals surface area (Å²) >= 11 is 0. The molecule has 0 aromatic rings. The lowest BCUT2D eigenvalue weighted by Gasteiger charge is -2.61. The third-order valence-corrected chi connectivity index (χ3v) is 7.07. The first-order valence-corrected chi connectivity index (χ1v) is 9.48. The van der Waals surface area contributed by atoms with Crippen molar-refractivity contribution < 1.29 is 14.3 Å². The number of carbonyl (C=O) groups excluding carboxylic acids is 2. The van der Waals surface area contributed by atoms with E-state index < -0.39 is 0 Å². The van der Waals surface area contributed by atoms with Crippen molar-refractivity contribution in [1.29, 1.82) is 0 Å². The molecule has 0 atom stereocenters. The minimum atomic E-state index is -0.193. The number of methoxy groups -OCH3 is 1. The van der Waals surface area contributed by atoms with Crippen LogP contribution in [0, 0.1) is 23.7 Å². The van der Waals surface area contributed by atoms with Gasteiger partial charge in [-0.2, -0.15) is 0 Å².